The number of fused-ring (bicyclic) bond motifs is 4. The van der Waals surface area contributed by atoms with Crippen molar-refractivity contribution in [3.05, 3.63) is 29.5 Å². The molecule has 1 unspecified atom stereocenters. The zero-order valence-corrected chi connectivity index (χ0v) is 12.3. The van der Waals surface area contributed by atoms with Crippen molar-refractivity contribution in [2.24, 2.45) is 5.92 Å². The first-order valence-corrected chi connectivity index (χ1v) is 7.72. The molecule has 4 heterocycles. The van der Waals surface area contributed by atoms with Crippen LogP contribution in [0.15, 0.2) is 18.2 Å². The van der Waals surface area contributed by atoms with E-state index in [1.165, 1.54) is 12.8 Å². The molecule has 112 valence electrons. The fourth-order valence-electron chi connectivity index (χ4n) is 3.65. The molecule has 2 N–H and O–H groups in total. The maximum Gasteiger partial charge on any atom is 0.272 e. The van der Waals surface area contributed by atoms with Crippen LogP contribution in [0.1, 0.15) is 28.9 Å². The standard InChI is InChI=1S/C17H18N4O/c1-2-11-3-4-13-14(9-11)19-20-16(13)17(22)18-15-10-21-7-5-12(15)6-8-21/h1,3-4,9,12,15H,5-8,10H2,(H,18,22)(H,19,20). The lowest BCUT2D eigenvalue weighted by Crippen LogP contribution is -2.57. The maximum absolute atomic E-state index is 12.6. The molecule has 1 amide bonds. The Balaban J connectivity index is 1.57. The van der Waals surface area contributed by atoms with Crippen LogP contribution in [0.4, 0.5) is 0 Å². The number of hydrogen-bond donors (Lipinski definition) is 2. The van der Waals surface area contributed by atoms with Gasteiger partial charge in [-0.05, 0) is 50.0 Å². The summed E-state index contributed by atoms with van der Waals surface area (Å²) < 4.78 is 0. The fraction of sp³-hybridized carbons (Fsp3) is 0.412. The van der Waals surface area contributed by atoms with Gasteiger partial charge in [-0.15, -0.1) is 6.42 Å². The average molecular weight is 294 g/mol. The van der Waals surface area contributed by atoms with E-state index >= 15 is 0 Å². The third-order valence-electron chi connectivity index (χ3n) is 4.92. The molecule has 0 saturated carbocycles. The molecule has 3 aliphatic rings. The van der Waals surface area contributed by atoms with E-state index in [9.17, 15) is 4.79 Å². The molecule has 5 rings (SSSR count). The Bertz CT molecular complexity index is 765. The molecule has 1 aromatic heterocycles. The van der Waals surface area contributed by atoms with E-state index in [-0.39, 0.29) is 11.9 Å². The number of hydrogen-bond acceptors (Lipinski definition) is 3. The lowest BCUT2D eigenvalue weighted by atomic mass is 9.84. The van der Waals surface area contributed by atoms with Gasteiger partial charge < -0.3 is 10.2 Å². The van der Waals surface area contributed by atoms with Gasteiger partial charge >= 0.3 is 0 Å². The van der Waals surface area contributed by atoms with Crippen LogP contribution in [0.5, 0.6) is 0 Å². The molecule has 2 bridgehead atoms. The summed E-state index contributed by atoms with van der Waals surface area (Å²) in [6.45, 7) is 3.29. The third kappa shape index (κ3) is 2.16. The number of piperidine rings is 3. The van der Waals surface area contributed by atoms with E-state index in [4.69, 9.17) is 6.42 Å². The number of benzene rings is 1. The van der Waals surface area contributed by atoms with Crippen molar-refractivity contribution in [1.29, 1.82) is 0 Å². The quantitative estimate of drug-likeness (QED) is 0.822. The summed E-state index contributed by atoms with van der Waals surface area (Å²) in [7, 11) is 0. The number of aromatic nitrogens is 2. The summed E-state index contributed by atoms with van der Waals surface area (Å²) in [6.07, 6.45) is 7.75. The highest BCUT2D eigenvalue weighted by Crippen LogP contribution is 2.28. The molecule has 0 spiro atoms. The van der Waals surface area contributed by atoms with E-state index in [0.717, 1.165) is 36.1 Å². The Kier molecular flexibility index (Phi) is 3.12. The number of nitrogens with one attached hydrogen (secondary N) is 2. The number of H-pyrrole nitrogens is 1. The summed E-state index contributed by atoms with van der Waals surface area (Å²) in [5.41, 5.74) is 2.03. The monoisotopic (exact) mass is 294 g/mol. The highest BCUT2D eigenvalue weighted by molar-refractivity contribution is 6.05. The number of aromatic amines is 1. The van der Waals surface area contributed by atoms with E-state index in [2.05, 4.69) is 26.3 Å². The first kappa shape index (κ1) is 13.4. The number of carbonyl (C=O) groups excluding carboxylic acids is 1. The van der Waals surface area contributed by atoms with Gasteiger partial charge in [0.25, 0.3) is 5.91 Å². The van der Waals surface area contributed by atoms with Crippen LogP contribution in [0.2, 0.25) is 0 Å². The topological polar surface area (TPSA) is 61.0 Å². The van der Waals surface area contributed by atoms with Crippen LogP contribution in [-0.2, 0) is 0 Å². The second-order valence-electron chi connectivity index (χ2n) is 6.19. The fourth-order valence-corrected chi connectivity index (χ4v) is 3.65. The maximum atomic E-state index is 12.6. The Morgan fingerprint density at radius 2 is 2.23 bits per heavy atom. The minimum atomic E-state index is -0.0987. The molecule has 0 radical (unpaired) electrons. The summed E-state index contributed by atoms with van der Waals surface area (Å²) in [5, 5.41) is 11.1. The SMILES string of the molecule is C#Cc1ccc2c(C(=O)NC3CN4CCC3CC4)n[nH]c2c1. The van der Waals surface area contributed by atoms with Crippen LogP contribution in [0, 0.1) is 18.3 Å². The Hall–Kier alpha value is -2.32. The molecular weight excluding hydrogens is 276 g/mol. The summed E-state index contributed by atoms with van der Waals surface area (Å²) in [6, 6.07) is 5.78. The zero-order chi connectivity index (χ0) is 15.1. The van der Waals surface area contributed by atoms with E-state index in [1.807, 2.05) is 18.2 Å². The van der Waals surface area contributed by atoms with Gasteiger partial charge in [-0.3, -0.25) is 9.89 Å². The van der Waals surface area contributed by atoms with Crippen molar-refractivity contribution in [1.82, 2.24) is 20.4 Å². The van der Waals surface area contributed by atoms with Crippen molar-refractivity contribution in [2.75, 3.05) is 19.6 Å². The lowest BCUT2D eigenvalue weighted by Gasteiger charge is -2.44. The van der Waals surface area contributed by atoms with Crippen LogP contribution >= 0.6 is 0 Å². The minimum Gasteiger partial charge on any atom is -0.346 e. The van der Waals surface area contributed by atoms with Gasteiger partial charge in [0.1, 0.15) is 0 Å². The van der Waals surface area contributed by atoms with E-state index in [1.54, 1.807) is 0 Å². The third-order valence-corrected chi connectivity index (χ3v) is 4.92. The molecule has 3 aliphatic heterocycles. The molecule has 0 aliphatic carbocycles. The number of nitrogens with zero attached hydrogens (tertiary/aromatic N) is 2. The van der Waals surface area contributed by atoms with Gasteiger partial charge in [-0.2, -0.15) is 5.10 Å². The van der Waals surface area contributed by atoms with Crippen LogP contribution in [-0.4, -0.2) is 46.7 Å². The Morgan fingerprint density at radius 1 is 1.41 bits per heavy atom. The van der Waals surface area contributed by atoms with Gasteiger partial charge in [0, 0.05) is 23.5 Å². The minimum absolute atomic E-state index is 0.0987. The van der Waals surface area contributed by atoms with Crippen molar-refractivity contribution in [3.8, 4) is 12.3 Å². The highest BCUT2D eigenvalue weighted by atomic mass is 16.2. The van der Waals surface area contributed by atoms with Crippen molar-refractivity contribution >= 4 is 16.8 Å². The summed E-state index contributed by atoms with van der Waals surface area (Å²) >= 11 is 0. The number of carbonyl (C=O) groups is 1. The molecule has 1 aromatic carbocycles. The van der Waals surface area contributed by atoms with E-state index in [0.29, 0.717) is 11.6 Å². The summed E-state index contributed by atoms with van der Waals surface area (Å²) in [5.74, 6) is 3.09. The van der Waals surface area contributed by atoms with E-state index < -0.39 is 0 Å². The zero-order valence-electron chi connectivity index (χ0n) is 12.3. The van der Waals surface area contributed by atoms with Crippen LogP contribution in [0.25, 0.3) is 10.9 Å². The first-order chi connectivity index (χ1) is 10.7. The second-order valence-corrected chi connectivity index (χ2v) is 6.19. The smallest absolute Gasteiger partial charge is 0.272 e. The van der Waals surface area contributed by atoms with Crippen LogP contribution in [0.3, 0.4) is 0 Å². The van der Waals surface area contributed by atoms with Crippen LogP contribution < -0.4 is 5.32 Å². The summed E-state index contributed by atoms with van der Waals surface area (Å²) in [4.78, 5) is 15.0. The molecular formula is C17H18N4O. The average Bonchev–Trinajstić information content (AvgIpc) is 2.99. The normalized spacial score (nSPS) is 26.8. The molecule has 5 nitrogen and oxygen atoms in total. The number of rotatable bonds is 2. The number of terminal acetylenes is 1. The van der Waals surface area contributed by atoms with Crippen molar-refractivity contribution < 1.29 is 4.79 Å². The van der Waals surface area contributed by atoms with Crippen molar-refractivity contribution in [2.45, 2.75) is 18.9 Å². The van der Waals surface area contributed by atoms with Gasteiger partial charge in [-0.25, -0.2) is 0 Å². The Morgan fingerprint density at radius 3 is 2.91 bits per heavy atom. The first-order valence-electron chi connectivity index (χ1n) is 7.72. The molecule has 5 heteroatoms. The largest absolute Gasteiger partial charge is 0.346 e. The second kappa shape index (κ2) is 5.15. The van der Waals surface area contributed by atoms with Crippen molar-refractivity contribution in [3.63, 3.8) is 0 Å². The molecule has 22 heavy (non-hydrogen) atoms. The van der Waals surface area contributed by atoms with Gasteiger partial charge in [0.05, 0.1) is 5.52 Å². The lowest BCUT2D eigenvalue weighted by molar-refractivity contribution is 0.0618. The Labute approximate surface area is 129 Å². The molecule has 2 aromatic rings. The van der Waals surface area contributed by atoms with Gasteiger partial charge in [0.2, 0.25) is 0 Å². The number of amides is 1. The predicted molar refractivity (Wildman–Crippen MR) is 84.4 cm³/mol. The molecule has 1 atom stereocenters. The van der Waals surface area contributed by atoms with Gasteiger partial charge in [-0.1, -0.05) is 5.92 Å². The molecule has 3 saturated heterocycles. The van der Waals surface area contributed by atoms with Gasteiger partial charge in [0.15, 0.2) is 5.69 Å². The highest BCUT2D eigenvalue weighted by Gasteiger charge is 2.35. The predicted octanol–water partition coefficient (Wildman–Crippen LogP) is 1.37. The molecule has 3 fully saturated rings.